The molecule has 0 radical (unpaired) electrons. The Hall–Kier alpha value is -4.69. The van der Waals surface area contributed by atoms with Crippen LogP contribution >= 0.6 is 11.3 Å². The summed E-state index contributed by atoms with van der Waals surface area (Å²) in [7, 11) is 6.19. The summed E-state index contributed by atoms with van der Waals surface area (Å²) in [5.41, 5.74) is 8.03. The molecule has 1 amide bonds. The Kier molecular flexibility index (Phi) is 10.3. The second kappa shape index (κ2) is 14.8. The number of benzene rings is 2. The lowest BCUT2D eigenvalue weighted by Gasteiger charge is -2.43. The molecule has 0 bridgehead atoms. The highest BCUT2D eigenvalue weighted by atomic mass is 32.1. The number of rotatable bonds is 9. The minimum Gasteiger partial charge on any atom is -0.493 e. The van der Waals surface area contributed by atoms with Crippen LogP contribution in [-0.2, 0) is 4.79 Å². The fourth-order valence-corrected chi connectivity index (χ4v) is 9.02. The highest BCUT2D eigenvalue weighted by Crippen LogP contribution is 2.45. The first kappa shape index (κ1) is 34.2. The van der Waals surface area contributed by atoms with Gasteiger partial charge in [0, 0.05) is 23.2 Å². The van der Waals surface area contributed by atoms with E-state index in [2.05, 4.69) is 11.0 Å². The molecular weight excluding hydrogens is 641 g/mol. The molecule has 2 aliphatic carbocycles. The van der Waals surface area contributed by atoms with Gasteiger partial charge in [-0.25, -0.2) is 0 Å². The molecule has 1 atom stereocenters. The van der Waals surface area contributed by atoms with E-state index in [9.17, 15) is 10.1 Å². The second-order valence-corrected chi connectivity index (χ2v) is 13.8. The molecule has 11 heteroatoms. The topological polar surface area (TPSA) is 129 Å². The van der Waals surface area contributed by atoms with Gasteiger partial charge in [0.15, 0.2) is 23.0 Å². The molecule has 2 saturated carbocycles. The summed E-state index contributed by atoms with van der Waals surface area (Å²) in [5.74, 6) is 0.803. The maximum absolute atomic E-state index is 15.5. The molecule has 0 saturated heterocycles. The van der Waals surface area contributed by atoms with Gasteiger partial charge in [0.05, 0.1) is 56.1 Å². The van der Waals surface area contributed by atoms with Gasteiger partial charge in [0.2, 0.25) is 0 Å². The summed E-state index contributed by atoms with van der Waals surface area (Å²) in [6.07, 6.45) is 12.0. The number of carbonyl (C=O) groups is 1. The summed E-state index contributed by atoms with van der Waals surface area (Å²) < 4.78 is 24.8. The molecule has 2 fully saturated rings. The number of nitrogens with two attached hydrogens (primary N) is 1. The molecule has 3 aliphatic rings. The average Bonchev–Trinajstić information content (AvgIpc) is 3.46. The van der Waals surface area contributed by atoms with Crippen molar-refractivity contribution in [1.29, 1.82) is 5.26 Å². The number of para-hydroxylation sites is 2. The van der Waals surface area contributed by atoms with Gasteiger partial charge < -0.3 is 29.6 Å². The van der Waals surface area contributed by atoms with Crippen LogP contribution in [0.1, 0.15) is 81.3 Å². The van der Waals surface area contributed by atoms with E-state index in [1.54, 1.807) is 39.5 Å². The molecule has 2 N–H and O–H groups in total. The Labute approximate surface area is 290 Å². The van der Waals surface area contributed by atoms with Gasteiger partial charge in [-0.2, -0.15) is 5.26 Å². The molecular formula is C38H44N4O6S. The molecule has 1 aromatic heterocycles. The number of hydrogen-bond acceptors (Lipinski definition) is 9. The Morgan fingerprint density at radius 1 is 0.878 bits per heavy atom. The summed E-state index contributed by atoms with van der Waals surface area (Å²) in [5, 5.41) is 10.8. The Morgan fingerprint density at radius 3 is 2.00 bits per heavy atom. The van der Waals surface area contributed by atoms with Crippen LogP contribution in [0, 0.1) is 11.3 Å². The van der Waals surface area contributed by atoms with E-state index in [0.717, 1.165) is 64.2 Å². The van der Waals surface area contributed by atoms with Crippen LogP contribution in [0.5, 0.6) is 23.0 Å². The monoisotopic (exact) mass is 684 g/mol. The van der Waals surface area contributed by atoms with Gasteiger partial charge in [0.25, 0.3) is 11.5 Å². The fourth-order valence-electron chi connectivity index (χ4n) is 7.86. The number of ether oxygens (including phenoxy) is 4. The highest BCUT2D eigenvalue weighted by Gasteiger charge is 2.42. The van der Waals surface area contributed by atoms with E-state index in [1.807, 2.05) is 24.3 Å². The summed E-state index contributed by atoms with van der Waals surface area (Å²) in [6.45, 7) is 0. The molecule has 1 unspecified atom stereocenters. The van der Waals surface area contributed by atoms with Crippen LogP contribution in [0.4, 0.5) is 0 Å². The van der Waals surface area contributed by atoms with Crippen molar-refractivity contribution in [3.63, 3.8) is 0 Å². The van der Waals surface area contributed by atoms with Crippen molar-refractivity contribution in [1.82, 2.24) is 9.47 Å². The molecule has 2 aromatic carbocycles. The van der Waals surface area contributed by atoms with Crippen molar-refractivity contribution < 1.29 is 23.7 Å². The van der Waals surface area contributed by atoms with Gasteiger partial charge in [-0.15, -0.1) is 11.3 Å². The molecule has 1 aliphatic heterocycles. The second-order valence-electron chi connectivity index (χ2n) is 12.8. The lowest BCUT2D eigenvalue weighted by atomic mass is 9.81. The fraction of sp³-hybridized carbons (Fsp3) is 0.447. The van der Waals surface area contributed by atoms with E-state index < -0.39 is 11.5 Å². The predicted octanol–water partition coefficient (Wildman–Crippen LogP) is 4.87. The number of aromatic nitrogens is 1. The zero-order chi connectivity index (χ0) is 34.7. The van der Waals surface area contributed by atoms with Crippen LogP contribution in [0.15, 0.2) is 46.8 Å². The smallest absolute Gasteiger partial charge is 0.274 e. The van der Waals surface area contributed by atoms with Gasteiger partial charge in [0.1, 0.15) is 10.5 Å². The number of nitriles is 1. The molecule has 258 valence electrons. The largest absolute Gasteiger partial charge is 0.493 e. The van der Waals surface area contributed by atoms with Crippen LogP contribution in [-0.4, -0.2) is 55.9 Å². The molecule has 6 rings (SSSR count). The maximum atomic E-state index is 15.5. The summed E-state index contributed by atoms with van der Waals surface area (Å²) >= 11 is 1.19. The standard InChI is InChI=1S/C38H44N4O6S/c1-45-28-19-11-13-23(33(28)47-3)21-30-36(43)42-35(40)27(22-39)31(26-18-12-20-29(46-2)34(26)48-4)32(38(42)49-30)37(44)41(24-14-7-5-8-15-24)25-16-9-6-10-17-25/h11-13,18-21,24-25,31H,5-10,14-17,40H2,1-4H3/b30-21+. The third-order valence-corrected chi connectivity index (χ3v) is 11.2. The number of thiazole rings is 1. The molecule has 3 aromatic rings. The number of methoxy groups -OCH3 is 4. The number of nitrogens with zero attached hydrogens (tertiary/aromatic N) is 3. The molecule has 0 spiro atoms. The Balaban J connectivity index is 1.69. The highest BCUT2D eigenvalue weighted by molar-refractivity contribution is 7.07. The maximum Gasteiger partial charge on any atom is 0.274 e. The number of amides is 1. The van der Waals surface area contributed by atoms with Crippen molar-refractivity contribution >= 4 is 34.7 Å². The third-order valence-electron chi connectivity index (χ3n) is 10.1. The summed E-state index contributed by atoms with van der Waals surface area (Å²) in [4.78, 5) is 32.0. The number of hydrogen-bond donors (Lipinski definition) is 1. The van der Waals surface area contributed by atoms with E-state index in [1.165, 1.54) is 23.0 Å². The zero-order valence-corrected chi connectivity index (χ0v) is 29.4. The van der Waals surface area contributed by atoms with Crippen LogP contribution in [0.2, 0.25) is 0 Å². The van der Waals surface area contributed by atoms with Crippen LogP contribution in [0.3, 0.4) is 0 Å². The van der Waals surface area contributed by atoms with E-state index >= 15 is 4.79 Å². The lowest BCUT2D eigenvalue weighted by Crippen LogP contribution is -2.51. The van der Waals surface area contributed by atoms with Gasteiger partial charge in [-0.3, -0.25) is 14.2 Å². The zero-order valence-electron chi connectivity index (χ0n) is 28.6. The van der Waals surface area contributed by atoms with Crippen molar-refractivity contribution in [2.24, 2.45) is 5.73 Å². The van der Waals surface area contributed by atoms with Gasteiger partial charge in [-0.1, -0.05) is 62.8 Å². The van der Waals surface area contributed by atoms with Gasteiger partial charge in [-0.05, 0) is 43.9 Å². The van der Waals surface area contributed by atoms with Crippen LogP contribution in [0.25, 0.3) is 17.5 Å². The van der Waals surface area contributed by atoms with E-state index in [-0.39, 0.29) is 29.4 Å². The number of allylic oxidation sites excluding steroid dienone is 1. The minimum atomic E-state index is -0.894. The summed E-state index contributed by atoms with van der Waals surface area (Å²) in [6, 6.07) is 13.3. The van der Waals surface area contributed by atoms with E-state index in [0.29, 0.717) is 48.9 Å². The van der Waals surface area contributed by atoms with Gasteiger partial charge >= 0.3 is 0 Å². The first-order valence-corrected chi connectivity index (χ1v) is 17.8. The Bertz CT molecular complexity index is 1960. The first-order chi connectivity index (χ1) is 23.9. The Morgan fingerprint density at radius 2 is 1.45 bits per heavy atom. The SMILES string of the molecule is COc1cccc(/C=c2/sc3n(c2=O)C(N)=C(C#N)C(c2cccc(OC)c2OC)C=3C(=O)N(C2CCCCC2)C2CCCCC2)c1OC. The molecule has 2 heterocycles. The van der Waals surface area contributed by atoms with Crippen molar-refractivity contribution in [3.05, 3.63) is 72.6 Å². The average molecular weight is 685 g/mol. The lowest BCUT2D eigenvalue weighted by molar-refractivity contribution is -0.131. The van der Waals surface area contributed by atoms with Crippen molar-refractivity contribution in [2.45, 2.75) is 82.2 Å². The van der Waals surface area contributed by atoms with Crippen LogP contribution < -0.4 is 39.4 Å². The third kappa shape index (κ3) is 6.19. The first-order valence-electron chi connectivity index (χ1n) is 17.0. The quantitative estimate of drug-likeness (QED) is 0.338. The minimum absolute atomic E-state index is 0.00990. The van der Waals surface area contributed by atoms with Crippen molar-refractivity contribution in [3.8, 4) is 29.1 Å². The number of fused-ring (bicyclic) bond motifs is 1. The predicted molar refractivity (Wildman–Crippen MR) is 190 cm³/mol. The normalized spacial score (nSPS) is 18.9. The number of carbonyl (C=O) groups excluding carboxylic acids is 1. The van der Waals surface area contributed by atoms with E-state index in [4.69, 9.17) is 24.7 Å². The van der Waals surface area contributed by atoms with Crippen molar-refractivity contribution in [2.75, 3.05) is 28.4 Å². The molecule has 49 heavy (non-hydrogen) atoms. The molecule has 10 nitrogen and oxygen atoms in total.